The molecule has 0 amide bonds. The maximum atomic E-state index is 12.9. The van der Waals surface area contributed by atoms with Gasteiger partial charge in [-0.2, -0.15) is 5.10 Å². The van der Waals surface area contributed by atoms with Crippen molar-refractivity contribution in [2.75, 3.05) is 27.3 Å². The van der Waals surface area contributed by atoms with Crippen LogP contribution in [0.25, 0.3) is 16.9 Å². The Kier molecular flexibility index (Phi) is 6.13. The zero-order valence-electron chi connectivity index (χ0n) is 17.7. The molecule has 2 aromatic carbocycles. The van der Waals surface area contributed by atoms with E-state index in [2.05, 4.69) is 4.90 Å². The van der Waals surface area contributed by atoms with Gasteiger partial charge in [-0.1, -0.05) is 42.5 Å². The molecule has 1 aliphatic rings. The third-order valence-corrected chi connectivity index (χ3v) is 5.52. The normalized spacial score (nSPS) is 13.9. The van der Waals surface area contributed by atoms with Crippen LogP contribution < -0.4 is 0 Å². The van der Waals surface area contributed by atoms with Crippen LogP contribution in [0.5, 0.6) is 0 Å². The zero-order chi connectivity index (χ0) is 21.8. The summed E-state index contributed by atoms with van der Waals surface area (Å²) in [7, 11) is 2.58. The molecule has 4 rings (SSSR count). The zero-order valence-corrected chi connectivity index (χ0v) is 17.7. The van der Waals surface area contributed by atoms with Crippen LogP contribution >= 0.6 is 0 Å². The summed E-state index contributed by atoms with van der Waals surface area (Å²) < 4.78 is 11.5. The standard InChI is InChI=1S/C24H25N3O4/c1-30-23(28)20-21(19-13-7-6-10-17(19)16-26-14-8-9-15-26)25-27(22(20)24(29)31-2)18-11-4-3-5-12-18/h3-7,10-13H,8-9,14-16H2,1-2H3. The summed E-state index contributed by atoms with van der Waals surface area (Å²) in [6.45, 7) is 2.84. The number of para-hydroxylation sites is 1. The highest BCUT2D eigenvalue weighted by atomic mass is 16.5. The summed E-state index contributed by atoms with van der Waals surface area (Å²) in [6, 6.07) is 17.0. The molecule has 31 heavy (non-hydrogen) atoms. The second-order valence-electron chi connectivity index (χ2n) is 7.44. The minimum absolute atomic E-state index is 0.0477. The van der Waals surface area contributed by atoms with Gasteiger partial charge in [0.25, 0.3) is 0 Å². The molecule has 0 saturated carbocycles. The van der Waals surface area contributed by atoms with E-state index in [9.17, 15) is 9.59 Å². The van der Waals surface area contributed by atoms with Crippen molar-refractivity contribution >= 4 is 11.9 Å². The lowest BCUT2D eigenvalue weighted by Crippen LogP contribution is -2.19. The van der Waals surface area contributed by atoms with Gasteiger partial charge in [0.1, 0.15) is 11.3 Å². The fourth-order valence-corrected chi connectivity index (χ4v) is 4.01. The van der Waals surface area contributed by atoms with Crippen molar-refractivity contribution in [2.24, 2.45) is 0 Å². The van der Waals surface area contributed by atoms with Gasteiger partial charge < -0.3 is 9.47 Å². The maximum Gasteiger partial charge on any atom is 0.357 e. The van der Waals surface area contributed by atoms with Gasteiger partial charge in [0.2, 0.25) is 0 Å². The Hall–Kier alpha value is -3.45. The molecule has 160 valence electrons. The molecule has 0 atom stereocenters. The average Bonchev–Trinajstić information content (AvgIpc) is 3.47. The van der Waals surface area contributed by atoms with Crippen LogP contribution in [-0.4, -0.2) is 53.9 Å². The summed E-state index contributed by atoms with van der Waals surface area (Å²) >= 11 is 0. The van der Waals surface area contributed by atoms with E-state index in [0.717, 1.165) is 30.8 Å². The first kappa shape index (κ1) is 20.8. The number of benzene rings is 2. The first-order chi connectivity index (χ1) is 15.1. The van der Waals surface area contributed by atoms with Gasteiger partial charge in [-0.05, 0) is 43.6 Å². The lowest BCUT2D eigenvalue weighted by Gasteiger charge is -2.17. The summed E-state index contributed by atoms with van der Waals surface area (Å²) in [5.41, 5.74) is 3.05. The lowest BCUT2D eigenvalue weighted by molar-refractivity contribution is 0.0549. The second kappa shape index (κ2) is 9.14. The summed E-state index contributed by atoms with van der Waals surface area (Å²) in [4.78, 5) is 28.0. The van der Waals surface area contributed by atoms with Crippen molar-refractivity contribution in [3.05, 3.63) is 71.4 Å². The molecular formula is C24H25N3O4. The van der Waals surface area contributed by atoms with E-state index < -0.39 is 11.9 Å². The fraction of sp³-hybridized carbons (Fsp3) is 0.292. The maximum absolute atomic E-state index is 12.9. The molecule has 0 bridgehead atoms. The van der Waals surface area contributed by atoms with E-state index in [-0.39, 0.29) is 11.3 Å². The minimum Gasteiger partial charge on any atom is -0.465 e. The van der Waals surface area contributed by atoms with Crippen molar-refractivity contribution < 1.29 is 19.1 Å². The Morgan fingerprint density at radius 1 is 0.903 bits per heavy atom. The van der Waals surface area contributed by atoms with Gasteiger partial charge in [-0.15, -0.1) is 0 Å². The first-order valence-electron chi connectivity index (χ1n) is 10.3. The molecular weight excluding hydrogens is 394 g/mol. The number of esters is 2. The van der Waals surface area contributed by atoms with Gasteiger partial charge in [0.15, 0.2) is 5.69 Å². The van der Waals surface area contributed by atoms with E-state index in [1.54, 1.807) is 0 Å². The van der Waals surface area contributed by atoms with Crippen molar-refractivity contribution in [1.29, 1.82) is 0 Å². The number of nitrogens with zero attached hydrogens (tertiary/aromatic N) is 3. The molecule has 0 aliphatic carbocycles. The Bertz CT molecular complexity index is 1090. The van der Waals surface area contributed by atoms with Crippen LogP contribution in [0.15, 0.2) is 54.6 Å². The molecule has 0 unspecified atom stereocenters. The first-order valence-corrected chi connectivity index (χ1v) is 10.3. The number of carbonyl (C=O) groups excluding carboxylic acids is 2. The molecule has 1 saturated heterocycles. The van der Waals surface area contributed by atoms with Crippen LogP contribution in [0, 0.1) is 0 Å². The number of ether oxygens (including phenoxy) is 2. The van der Waals surface area contributed by atoms with Crippen molar-refractivity contribution in [3.8, 4) is 16.9 Å². The lowest BCUT2D eigenvalue weighted by atomic mass is 10.00. The van der Waals surface area contributed by atoms with Crippen LogP contribution in [-0.2, 0) is 16.0 Å². The molecule has 0 N–H and O–H groups in total. The van der Waals surface area contributed by atoms with E-state index in [1.165, 1.54) is 31.7 Å². The number of carbonyl (C=O) groups is 2. The minimum atomic E-state index is -0.653. The Balaban J connectivity index is 1.93. The largest absolute Gasteiger partial charge is 0.465 e. The quantitative estimate of drug-likeness (QED) is 0.567. The highest BCUT2D eigenvalue weighted by molar-refractivity contribution is 6.07. The van der Waals surface area contributed by atoms with Gasteiger partial charge in [-0.25, -0.2) is 14.3 Å². The second-order valence-corrected chi connectivity index (χ2v) is 7.44. The third-order valence-electron chi connectivity index (χ3n) is 5.52. The number of likely N-dealkylation sites (tertiary alicyclic amines) is 1. The number of rotatable bonds is 6. The number of hydrogen-bond acceptors (Lipinski definition) is 6. The molecule has 0 spiro atoms. The van der Waals surface area contributed by atoms with Gasteiger partial charge in [0, 0.05) is 12.1 Å². The van der Waals surface area contributed by atoms with Crippen molar-refractivity contribution in [2.45, 2.75) is 19.4 Å². The predicted octanol–water partition coefficient (Wildman–Crippen LogP) is 3.71. The predicted molar refractivity (Wildman–Crippen MR) is 116 cm³/mol. The van der Waals surface area contributed by atoms with Crippen LogP contribution in [0.1, 0.15) is 39.3 Å². The van der Waals surface area contributed by atoms with Crippen LogP contribution in [0.3, 0.4) is 0 Å². The van der Waals surface area contributed by atoms with E-state index in [1.807, 2.05) is 54.6 Å². The van der Waals surface area contributed by atoms with Gasteiger partial charge >= 0.3 is 11.9 Å². The number of methoxy groups -OCH3 is 2. The highest BCUT2D eigenvalue weighted by Crippen LogP contribution is 2.32. The number of hydrogen-bond donors (Lipinski definition) is 0. The third kappa shape index (κ3) is 4.09. The van der Waals surface area contributed by atoms with Crippen molar-refractivity contribution in [3.63, 3.8) is 0 Å². The Morgan fingerprint density at radius 2 is 1.55 bits per heavy atom. The molecule has 3 aromatic rings. The molecule has 0 radical (unpaired) electrons. The SMILES string of the molecule is COC(=O)c1c(-c2ccccc2CN2CCCC2)nn(-c2ccccc2)c1C(=O)OC. The molecule has 1 aromatic heterocycles. The van der Waals surface area contributed by atoms with Crippen LogP contribution in [0.4, 0.5) is 0 Å². The summed E-state index contributed by atoms with van der Waals surface area (Å²) in [5.74, 6) is -1.28. The highest BCUT2D eigenvalue weighted by Gasteiger charge is 2.32. The average molecular weight is 419 g/mol. The molecule has 1 fully saturated rings. The van der Waals surface area contributed by atoms with E-state index >= 15 is 0 Å². The Labute approximate surface area is 181 Å². The fourth-order valence-electron chi connectivity index (χ4n) is 4.01. The summed E-state index contributed by atoms with van der Waals surface area (Å²) in [6.07, 6.45) is 2.37. The smallest absolute Gasteiger partial charge is 0.357 e. The van der Waals surface area contributed by atoms with Crippen molar-refractivity contribution in [1.82, 2.24) is 14.7 Å². The molecule has 7 nitrogen and oxygen atoms in total. The number of aromatic nitrogens is 2. The van der Waals surface area contributed by atoms with E-state index in [4.69, 9.17) is 14.6 Å². The molecule has 2 heterocycles. The van der Waals surface area contributed by atoms with Gasteiger partial charge in [-0.3, -0.25) is 4.90 Å². The summed E-state index contributed by atoms with van der Waals surface area (Å²) in [5, 5.41) is 4.72. The van der Waals surface area contributed by atoms with E-state index in [0.29, 0.717) is 11.4 Å². The topological polar surface area (TPSA) is 73.7 Å². The van der Waals surface area contributed by atoms with Crippen LogP contribution in [0.2, 0.25) is 0 Å². The monoisotopic (exact) mass is 419 g/mol. The molecule has 7 heteroatoms. The van der Waals surface area contributed by atoms with Gasteiger partial charge in [0.05, 0.1) is 19.9 Å². The molecule has 1 aliphatic heterocycles. The Morgan fingerprint density at radius 3 is 2.23 bits per heavy atom.